The number of aliphatic hydroxyl groups excluding tert-OH is 1. The van der Waals surface area contributed by atoms with Gasteiger partial charge in [-0.05, 0) is 35.9 Å². The van der Waals surface area contributed by atoms with Gasteiger partial charge in [0.25, 0.3) is 5.91 Å². The van der Waals surface area contributed by atoms with Crippen LogP contribution in [0, 0.1) is 0 Å². The second kappa shape index (κ2) is 8.24. The van der Waals surface area contributed by atoms with E-state index in [4.69, 9.17) is 32.7 Å². The topological polar surface area (TPSA) is 67.8 Å². The van der Waals surface area contributed by atoms with Crippen molar-refractivity contribution in [1.29, 1.82) is 0 Å². The molecule has 1 amide bonds. The van der Waals surface area contributed by atoms with Crippen LogP contribution in [-0.4, -0.2) is 31.8 Å². The van der Waals surface area contributed by atoms with Gasteiger partial charge >= 0.3 is 0 Å². The maximum Gasteiger partial charge on any atom is 0.251 e. The van der Waals surface area contributed by atoms with Gasteiger partial charge in [-0.2, -0.15) is 0 Å². The van der Waals surface area contributed by atoms with Gasteiger partial charge in [0, 0.05) is 22.2 Å². The number of carbonyl (C=O) groups is 1. The van der Waals surface area contributed by atoms with E-state index in [0.717, 1.165) is 0 Å². The average molecular weight is 370 g/mol. The first-order valence-electron chi connectivity index (χ1n) is 7.09. The minimum atomic E-state index is -0.900. The molecule has 0 saturated heterocycles. The number of aliphatic hydroxyl groups is 1. The Balaban J connectivity index is 2.04. The predicted molar refractivity (Wildman–Crippen MR) is 93.3 cm³/mol. The van der Waals surface area contributed by atoms with Gasteiger partial charge < -0.3 is 19.9 Å². The van der Waals surface area contributed by atoms with Crippen LogP contribution in [-0.2, 0) is 0 Å². The molecule has 128 valence electrons. The number of ether oxygens (including phenoxy) is 2. The number of methoxy groups -OCH3 is 2. The highest BCUT2D eigenvalue weighted by Crippen LogP contribution is 2.29. The Labute approximate surface area is 150 Å². The number of rotatable bonds is 6. The van der Waals surface area contributed by atoms with Gasteiger partial charge in [-0.25, -0.2) is 0 Å². The third-order valence-electron chi connectivity index (χ3n) is 3.37. The Morgan fingerprint density at radius 3 is 2.29 bits per heavy atom. The number of nitrogens with one attached hydrogen (secondary N) is 1. The predicted octanol–water partition coefficient (Wildman–Crippen LogP) is 3.47. The van der Waals surface area contributed by atoms with Crippen molar-refractivity contribution in [2.24, 2.45) is 0 Å². The van der Waals surface area contributed by atoms with Crippen LogP contribution in [0.5, 0.6) is 11.5 Å². The molecular formula is C17H17Cl2NO4. The number of benzene rings is 2. The van der Waals surface area contributed by atoms with Crippen LogP contribution in [0.3, 0.4) is 0 Å². The minimum absolute atomic E-state index is 0.0262. The largest absolute Gasteiger partial charge is 0.493 e. The van der Waals surface area contributed by atoms with Gasteiger partial charge in [0.15, 0.2) is 11.5 Å². The maximum atomic E-state index is 12.1. The summed E-state index contributed by atoms with van der Waals surface area (Å²) in [5.74, 6) is 0.687. The summed E-state index contributed by atoms with van der Waals surface area (Å²) < 4.78 is 10.3. The number of hydrogen-bond acceptors (Lipinski definition) is 4. The fraction of sp³-hybridized carbons (Fsp3) is 0.235. The third-order valence-corrected chi connectivity index (χ3v) is 3.81. The van der Waals surface area contributed by atoms with E-state index in [1.807, 2.05) is 0 Å². The molecule has 2 aromatic rings. The van der Waals surface area contributed by atoms with E-state index in [-0.39, 0.29) is 12.5 Å². The molecule has 1 atom stereocenters. The maximum absolute atomic E-state index is 12.1. The Bertz CT molecular complexity index is 716. The Morgan fingerprint density at radius 1 is 1.08 bits per heavy atom. The van der Waals surface area contributed by atoms with Crippen molar-refractivity contribution in [3.63, 3.8) is 0 Å². The smallest absolute Gasteiger partial charge is 0.251 e. The Hall–Kier alpha value is -1.95. The molecule has 0 aliphatic rings. The normalized spacial score (nSPS) is 11.7. The molecule has 2 rings (SSSR count). The van der Waals surface area contributed by atoms with E-state index in [9.17, 15) is 9.90 Å². The van der Waals surface area contributed by atoms with Crippen molar-refractivity contribution in [1.82, 2.24) is 5.32 Å². The summed E-state index contributed by atoms with van der Waals surface area (Å²) in [5, 5.41) is 13.6. The van der Waals surface area contributed by atoms with Gasteiger partial charge in [-0.1, -0.05) is 29.3 Å². The zero-order valence-electron chi connectivity index (χ0n) is 13.2. The molecule has 0 aromatic heterocycles. The summed E-state index contributed by atoms with van der Waals surface area (Å²) in [6, 6.07) is 9.60. The number of carbonyl (C=O) groups excluding carboxylic acids is 1. The average Bonchev–Trinajstić information content (AvgIpc) is 2.57. The zero-order chi connectivity index (χ0) is 17.7. The summed E-state index contributed by atoms with van der Waals surface area (Å²) in [5.41, 5.74) is 0.920. The van der Waals surface area contributed by atoms with Crippen molar-refractivity contribution in [2.45, 2.75) is 6.10 Å². The highest BCUT2D eigenvalue weighted by atomic mass is 35.5. The Morgan fingerprint density at radius 2 is 1.71 bits per heavy atom. The van der Waals surface area contributed by atoms with Crippen LogP contribution >= 0.6 is 23.2 Å². The molecule has 0 aliphatic carbocycles. The van der Waals surface area contributed by atoms with Crippen LogP contribution in [0.2, 0.25) is 10.0 Å². The molecule has 0 bridgehead atoms. The molecular weight excluding hydrogens is 353 g/mol. The van der Waals surface area contributed by atoms with Crippen molar-refractivity contribution >= 4 is 29.1 Å². The molecule has 5 nitrogen and oxygen atoms in total. The third kappa shape index (κ3) is 4.54. The van der Waals surface area contributed by atoms with Crippen molar-refractivity contribution < 1.29 is 19.4 Å². The van der Waals surface area contributed by atoms with Crippen LogP contribution in [0.15, 0.2) is 36.4 Å². The lowest BCUT2D eigenvalue weighted by Crippen LogP contribution is -2.28. The molecule has 24 heavy (non-hydrogen) atoms. The molecule has 0 heterocycles. The van der Waals surface area contributed by atoms with E-state index in [0.29, 0.717) is 32.7 Å². The Kier molecular flexibility index (Phi) is 6.31. The lowest BCUT2D eigenvalue weighted by atomic mass is 10.1. The van der Waals surface area contributed by atoms with Gasteiger partial charge in [0.1, 0.15) is 0 Å². The monoisotopic (exact) mass is 369 g/mol. The van der Waals surface area contributed by atoms with Crippen molar-refractivity contribution in [2.75, 3.05) is 20.8 Å². The molecule has 0 saturated carbocycles. The second-order valence-electron chi connectivity index (χ2n) is 5.00. The van der Waals surface area contributed by atoms with E-state index in [1.165, 1.54) is 26.4 Å². The quantitative estimate of drug-likeness (QED) is 0.817. The number of halogens is 2. The summed E-state index contributed by atoms with van der Waals surface area (Å²) in [6.45, 7) is 0.0262. The fourth-order valence-corrected chi connectivity index (χ4v) is 2.68. The highest BCUT2D eigenvalue weighted by Gasteiger charge is 2.14. The zero-order valence-corrected chi connectivity index (χ0v) is 14.7. The van der Waals surface area contributed by atoms with Gasteiger partial charge in [0.2, 0.25) is 0 Å². The molecule has 7 heteroatoms. The lowest BCUT2D eigenvalue weighted by Gasteiger charge is -2.15. The van der Waals surface area contributed by atoms with Crippen LogP contribution in [0.4, 0.5) is 0 Å². The summed E-state index contributed by atoms with van der Waals surface area (Å²) in [6.07, 6.45) is -0.900. The number of amides is 1. The van der Waals surface area contributed by atoms with E-state index in [1.54, 1.807) is 24.3 Å². The summed E-state index contributed by atoms with van der Waals surface area (Å²) in [4.78, 5) is 12.1. The van der Waals surface area contributed by atoms with Crippen LogP contribution in [0.25, 0.3) is 0 Å². The van der Waals surface area contributed by atoms with Gasteiger partial charge in [-0.15, -0.1) is 0 Å². The molecule has 0 spiro atoms. The van der Waals surface area contributed by atoms with Crippen LogP contribution in [0.1, 0.15) is 22.0 Å². The molecule has 0 fully saturated rings. The first-order chi connectivity index (χ1) is 11.4. The minimum Gasteiger partial charge on any atom is -0.493 e. The van der Waals surface area contributed by atoms with Crippen molar-refractivity contribution in [3.8, 4) is 11.5 Å². The molecule has 0 radical (unpaired) electrons. The molecule has 1 unspecified atom stereocenters. The summed E-state index contributed by atoms with van der Waals surface area (Å²) in [7, 11) is 3.04. The SMILES string of the molecule is COc1ccc(C(O)CNC(=O)c2cc(Cl)cc(Cl)c2)cc1OC. The molecule has 2 N–H and O–H groups in total. The highest BCUT2D eigenvalue weighted by molar-refractivity contribution is 6.35. The molecule has 0 aliphatic heterocycles. The van der Waals surface area contributed by atoms with Gasteiger partial charge in [-0.3, -0.25) is 4.79 Å². The second-order valence-corrected chi connectivity index (χ2v) is 5.87. The van der Waals surface area contributed by atoms with E-state index < -0.39 is 6.10 Å². The van der Waals surface area contributed by atoms with Crippen molar-refractivity contribution in [3.05, 3.63) is 57.6 Å². The lowest BCUT2D eigenvalue weighted by molar-refractivity contribution is 0.0916. The standard InChI is InChI=1S/C17H17Cl2NO4/c1-23-15-4-3-10(7-16(15)24-2)14(21)9-20-17(22)11-5-12(18)8-13(19)6-11/h3-8,14,21H,9H2,1-2H3,(H,20,22). The summed E-state index contributed by atoms with van der Waals surface area (Å²) >= 11 is 11.8. The van der Waals surface area contributed by atoms with E-state index >= 15 is 0 Å². The van der Waals surface area contributed by atoms with Crippen LogP contribution < -0.4 is 14.8 Å². The fourth-order valence-electron chi connectivity index (χ4n) is 2.15. The number of hydrogen-bond donors (Lipinski definition) is 2. The first kappa shape index (κ1) is 18.4. The van der Waals surface area contributed by atoms with E-state index in [2.05, 4.69) is 5.32 Å². The van der Waals surface area contributed by atoms with Gasteiger partial charge in [0.05, 0.1) is 20.3 Å². The first-order valence-corrected chi connectivity index (χ1v) is 7.84. The molecule has 2 aromatic carbocycles.